The van der Waals surface area contributed by atoms with Crippen molar-refractivity contribution in [1.82, 2.24) is 14.9 Å². The largest absolute Gasteiger partial charge is 0.334 e. The number of carbonyl (C=O) groups excluding carboxylic acids is 2. The molecule has 0 spiro atoms. The highest BCUT2D eigenvalue weighted by molar-refractivity contribution is 6.35. The van der Waals surface area contributed by atoms with Gasteiger partial charge >= 0.3 is 11.8 Å². The molecule has 0 saturated carbocycles. The van der Waals surface area contributed by atoms with Crippen LogP contribution >= 0.6 is 0 Å². The Morgan fingerprint density at radius 2 is 1.74 bits per heavy atom. The van der Waals surface area contributed by atoms with Gasteiger partial charge in [-0.15, -0.1) is 0 Å². The zero-order valence-electron chi connectivity index (χ0n) is 16.4. The third-order valence-corrected chi connectivity index (χ3v) is 5.18. The Bertz CT molecular complexity index is 905. The number of amides is 2. The summed E-state index contributed by atoms with van der Waals surface area (Å²) in [7, 11) is 0. The third-order valence-electron chi connectivity index (χ3n) is 5.18. The topological polar surface area (TPSA) is 66.7 Å². The molecule has 1 fully saturated rings. The van der Waals surface area contributed by atoms with Gasteiger partial charge in [-0.3, -0.25) is 9.59 Å². The lowest BCUT2D eigenvalue weighted by Gasteiger charge is -2.12. The molecule has 1 aliphatic heterocycles. The maximum absolute atomic E-state index is 12.0. The molecule has 142 valence electrons. The van der Waals surface area contributed by atoms with E-state index in [1.807, 2.05) is 19.9 Å². The van der Waals surface area contributed by atoms with Gasteiger partial charge in [0.2, 0.25) is 0 Å². The second kappa shape index (κ2) is 7.78. The molecule has 1 aliphatic rings. The summed E-state index contributed by atoms with van der Waals surface area (Å²) in [5, 5.41) is 3.99. The lowest BCUT2D eigenvalue weighted by atomic mass is 10.1. The molecule has 1 N–H and O–H groups in total. The Morgan fingerprint density at radius 3 is 2.41 bits per heavy atom. The smallest absolute Gasteiger partial charge is 0.329 e. The first-order valence-corrected chi connectivity index (χ1v) is 9.27. The Labute approximate surface area is 159 Å². The zero-order chi connectivity index (χ0) is 19.6. The minimum absolute atomic E-state index is 0.509. The second-order valence-corrected chi connectivity index (χ2v) is 7.13. The van der Waals surface area contributed by atoms with Gasteiger partial charge in [-0.25, -0.2) is 5.43 Å². The summed E-state index contributed by atoms with van der Waals surface area (Å²) in [5.74, 6) is -1.19. The average molecular weight is 366 g/mol. The van der Waals surface area contributed by atoms with E-state index < -0.39 is 11.8 Å². The van der Waals surface area contributed by atoms with Gasteiger partial charge in [0.05, 0.1) is 6.21 Å². The molecule has 0 aliphatic carbocycles. The summed E-state index contributed by atoms with van der Waals surface area (Å²) >= 11 is 0. The predicted octanol–water partition coefficient (Wildman–Crippen LogP) is 2.78. The molecule has 0 unspecified atom stereocenters. The molecular weight excluding hydrogens is 340 g/mol. The van der Waals surface area contributed by atoms with Crippen LogP contribution in [-0.4, -0.2) is 40.6 Å². The van der Waals surface area contributed by atoms with Crippen LogP contribution in [0.1, 0.15) is 40.9 Å². The van der Waals surface area contributed by atoms with Gasteiger partial charge in [0, 0.05) is 35.7 Å². The minimum atomic E-state index is -0.684. The summed E-state index contributed by atoms with van der Waals surface area (Å²) in [6, 6.07) is 8.39. The van der Waals surface area contributed by atoms with Crippen molar-refractivity contribution >= 4 is 18.0 Å². The summed E-state index contributed by atoms with van der Waals surface area (Å²) in [4.78, 5) is 25.5. The fraction of sp³-hybridized carbons (Fsp3) is 0.381. The number of rotatable bonds is 3. The number of carbonyl (C=O) groups is 2. The monoisotopic (exact) mass is 366 g/mol. The molecule has 27 heavy (non-hydrogen) atoms. The van der Waals surface area contributed by atoms with Crippen LogP contribution in [0.3, 0.4) is 0 Å². The number of nitrogens with zero attached hydrogens (tertiary/aromatic N) is 3. The third kappa shape index (κ3) is 3.94. The lowest BCUT2D eigenvalue weighted by molar-refractivity contribution is -0.145. The van der Waals surface area contributed by atoms with Gasteiger partial charge in [-0.2, -0.15) is 5.10 Å². The SMILES string of the molecule is Cc1ccc(-n2c(C)cc(/C=N\NC(=O)C(=O)N3CCCC3)c2C)cc1C. The number of nitrogens with one attached hydrogen (secondary N) is 1. The molecule has 2 aromatic rings. The van der Waals surface area contributed by atoms with Crippen LogP contribution in [0, 0.1) is 27.7 Å². The lowest BCUT2D eigenvalue weighted by Crippen LogP contribution is -2.39. The first-order chi connectivity index (χ1) is 12.9. The van der Waals surface area contributed by atoms with Crippen molar-refractivity contribution < 1.29 is 9.59 Å². The van der Waals surface area contributed by atoms with Crippen molar-refractivity contribution in [2.24, 2.45) is 5.10 Å². The van der Waals surface area contributed by atoms with E-state index >= 15 is 0 Å². The Hall–Kier alpha value is -2.89. The molecule has 6 heteroatoms. The van der Waals surface area contributed by atoms with E-state index in [0.29, 0.717) is 13.1 Å². The van der Waals surface area contributed by atoms with E-state index in [2.05, 4.69) is 47.1 Å². The molecule has 0 atom stereocenters. The fourth-order valence-electron chi connectivity index (χ4n) is 3.45. The van der Waals surface area contributed by atoms with Crippen LogP contribution in [0.25, 0.3) is 5.69 Å². The molecule has 1 aromatic carbocycles. The Balaban J connectivity index is 1.74. The number of hydrogen-bond acceptors (Lipinski definition) is 3. The van der Waals surface area contributed by atoms with Crippen molar-refractivity contribution in [2.75, 3.05) is 13.1 Å². The molecule has 1 aromatic heterocycles. The molecule has 6 nitrogen and oxygen atoms in total. The van der Waals surface area contributed by atoms with Crippen LogP contribution < -0.4 is 5.43 Å². The second-order valence-electron chi connectivity index (χ2n) is 7.13. The maximum Gasteiger partial charge on any atom is 0.329 e. The number of likely N-dealkylation sites (tertiary alicyclic amines) is 1. The van der Waals surface area contributed by atoms with Crippen molar-refractivity contribution in [3.63, 3.8) is 0 Å². The van der Waals surface area contributed by atoms with Gasteiger partial charge in [0.1, 0.15) is 0 Å². The van der Waals surface area contributed by atoms with Crippen molar-refractivity contribution in [3.05, 3.63) is 52.3 Å². The van der Waals surface area contributed by atoms with Gasteiger partial charge in [0.15, 0.2) is 0 Å². The Kier molecular flexibility index (Phi) is 5.44. The maximum atomic E-state index is 12.0. The molecule has 0 radical (unpaired) electrons. The van der Waals surface area contributed by atoms with Gasteiger partial charge in [0.25, 0.3) is 0 Å². The number of hydrazone groups is 1. The van der Waals surface area contributed by atoms with Crippen molar-refractivity contribution in [2.45, 2.75) is 40.5 Å². The first kappa shape index (κ1) is 18.9. The van der Waals surface area contributed by atoms with E-state index in [4.69, 9.17) is 0 Å². The summed E-state index contributed by atoms with van der Waals surface area (Å²) in [5.41, 5.74) is 8.95. The zero-order valence-corrected chi connectivity index (χ0v) is 16.4. The number of benzene rings is 1. The van der Waals surface area contributed by atoms with E-state index in [-0.39, 0.29) is 0 Å². The number of aryl methyl sites for hydroxylation is 3. The van der Waals surface area contributed by atoms with Crippen LogP contribution in [0.5, 0.6) is 0 Å². The van der Waals surface area contributed by atoms with E-state index in [1.54, 1.807) is 11.1 Å². The van der Waals surface area contributed by atoms with Crippen LogP contribution in [-0.2, 0) is 9.59 Å². The highest BCUT2D eigenvalue weighted by Gasteiger charge is 2.24. The highest BCUT2D eigenvalue weighted by Crippen LogP contribution is 2.21. The molecular formula is C21H26N4O2. The van der Waals surface area contributed by atoms with Gasteiger partial charge < -0.3 is 9.47 Å². The Morgan fingerprint density at radius 1 is 1.04 bits per heavy atom. The summed E-state index contributed by atoms with van der Waals surface area (Å²) in [6.07, 6.45) is 3.49. The quantitative estimate of drug-likeness (QED) is 0.516. The van der Waals surface area contributed by atoms with E-state index in [9.17, 15) is 9.59 Å². The minimum Gasteiger partial charge on any atom is -0.334 e. The average Bonchev–Trinajstić information content (AvgIpc) is 3.26. The highest BCUT2D eigenvalue weighted by atomic mass is 16.2. The van der Waals surface area contributed by atoms with Crippen LogP contribution in [0.4, 0.5) is 0 Å². The molecule has 3 rings (SSSR count). The fourth-order valence-corrected chi connectivity index (χ4v) is 3.45. The normalized spacial score (nSPS) is 14.1. The van der Waals surface area contributed by atoms with E-state index in [1.165, 1.54) is 11.1 Å². The molecule has 0 bridgehead atoms. The molecule has 2 heterocycles. The molecule has 1 saturated heterocycles. The molecule has 2 amide bonds. The van der Waals surface area contributed by atoms with Crippen molar-refractivity contribution in [1.29, 1.82) is 0 Å². The van der Waals surface area contributed by atoms with E-state index in [0.717, 1.165) is 35.5 Å². The van der Waals surface area contributed by atoms with Gasteiger partial charge in [-0.1, -0.05) is 6.07 Å². The summed E-state index contributed by atoms with van der Waals surface area (Å²) < 4.78 is 2.16. The number of aromatic nitrogens is 1. The van der Waals surface area contributed by atoms with Gasteiger partial charge in [-0.05, 0) is 69.9 Å². The van der Waals surface area contributed by atoms with Crippen LogP contribution in [0.2, 0.25) is 0 Å². The number of hydrogen-bond donors (Lipinski definition) is 1. The standard InChI is InChI=1S/C21H26N4O2/c1-14-7-8-19(11-15(14)2)25-16(3)12-18(17(25)4)13-22-23-20(26)21(27)24-9-5-6-10-24/h7-8,11-13H,5-6,9-10H2,1-4H3,(H,23,26)/b22-13-. The van der Waals surface area contributed by atoms with Crippen LogP contribution in [0.15, 0.2) is 29.4 Å². The summed E-state index contributed by atoms with van der Waals surface area (Å²) in [6.45, 7) is 9.54. The van der Waals surface area contributed by atoms with Crippen molar-refractivity contribution in [3.8, 4) is 5.69 Å². The predicted molar refractivity (Wildman–Crippen MR) is 106 cm³/mol. The first-order valence-electron chi connectivity index (χ1n) is 9.27.